The molecule has 0 radical (unpaired) electrons. The van der Waals surface area contributed by atoms with Crippen molar-refractivity contribution in [1.29, 1.82) is 0 Å². The molecule has 0 aromatic heterocycles. The molecule has 0 atom stereocenters. The van der Waals surface area contributed by atoms with Crippen LogP contribution in [0.5, 0.6) is 5.75 Å². The molecular weight excluding hydrogens is 219 g/mol. The van der Waals surface area contributed by atoms with Crippen LogP contribution in [0, 0.1) is 0 Å². The second-order valence-corrected chi connectivity index (χ2v) is 3.67. The molecule has 14 heavy (non-hydrogen) atoms. The number of alkyl halides is 1. The Balaban J connectivity index is 2.72. The van der Waals surface area contributed by atoms with Crippen molar-refractivity contribution < 1.29 is 4.74 Å². The summed E-state index contributed by atoms with van der Waals surface area (Å²) in [6, 6.07) is 7.71. The molecule has 0 N–H and O–H groups in total. The average molecular weight is 231 g/mol. The summed E-state index contributed by atoms with van der Waals surface area (Å²) < 4.78 is 5.05. The molecule has 0 bridgehead atoms. The zero-order valence-electron chi connectivity index (χ0n) is 7.97. The molecule has 0 fully saturated rings. The van der Waals surface area contributed by atoms with Gasteiger partial charge >= 0.3 is 0 Å². The van der Waals surface area contributed by atoms with E-state index < -0.39 is 0 Å². The van der Waals surface area contributed by atoms with Crippen molar-refractivity contribution in [3.05, 3.63) is 34.9 Å². The van der Waals surface area contributed by atoms with Gasteiger partial charge in [-0.25, -0.2) is 0 Å². The maximum Gasteiger partial charge on any atom is 0.118 e. The molecule has 0 spiro atoms. The van der Waals surface area contributed by atoms with Crippen LogP contribution in [0.3, 0.4) is 0 Å². The van der Waals surface area contributed by atoms with Crippen molar-refractivity contribution in [3.63, 3.8) is 0 Å². The van der Waals surface area contributed by atoms with Crippen LogP contribution in [-0.4, -0.2) is 13.0 Å². The van der Waals surface area contributed by atoms with Gasteiger partial charge in [0.25, 0.3) is 0 Å². The van der Waals surface area contributed by atoms with Crippen LogP contribution < -0.4 is 4.74 Å². The van der Waals surface area contributed by atoms with E-state index in [4.69, 9.17) is 27.9 Å². The zero-order chi connectivity index (χ0) is 10.4. The number of halogens is 2. The van der Waals surface area contributed by atoms with E-state index in [1.54, 1.807) is 7.11 Å². The minimum atomic E-state index is 0.547. The lowest BCUT2D eigenvalue weighted by molar-refractivity contribution is 0.415. The Hall–Kier alpha value is -0.660. The number of hydrogen-bond donors (Lipinski definition) is 0. The van der Waals surface area contributed by atoms with Gasteiger partial charge in [0.15, 0.2) is 0 Å². The van der Waals surface area contributed by atoms with Crippen LogP contribution in [0.4, 0.5) is 0 Å². The first-order valence-electron chi connectivity index (χ1n) is 4.32. The third-order valence-corrected chi connectivity index (χ3v) is 2.26. The van der Waals surface area contributed by atoms with Crippen molar-refractivity contribution in [2.24, 2.45) is 0 Å². The van der Waals surface area contributed by atoms with Crippen molar-refractivity contribution in [1.82, 2.24) is 0 Å². The Bertz CT molecular complexity index is 304. The van der Waals surface area contributed by atoms with Crippen molar-refractivity contribution >= 4 is 29.3 Å². The molecule has 1 aromatic carbocycles. The summed E-state index contributed by atoms with van der Waals surface area (Å²) in [4.78, 5) is 0. The number of allylic oxidation sites excluding steroid dienone is 1. The van der Waals surface area contributed by atoms with Crippen LogP contribution in [0.2, 0.25) is 0 Å². The monoisotopic (exact) mass is 230 g/mol. The predicted molar refractivity (Wildman–Crippen MR) is 62.2 cm³/mol. The first-order chi connectivity index (χ1) is 6.76. The van der Waals surface area contributed by atoms with Crippen molar-refractivity contribution in [2.45, 2.75) is 6.42 Å². The Kier molecular flexibility index (Phi) is 4.85. The molecule has 0 aliphatic heterocycles. The highest BCUT2D eigenvalue weighted by Crippen LogP contribution is 2.17. The van der Waals surface area contributed by atoms with Gasteiger partial charge < -0.3 is 4.74 Å². The second kappa shape index (κ2) is 5.94. The van der Waals surface area contributed by atoms with E-state index in [-0.39, 0.29) is 0 Å². The molecule has 0 aliphatic carbocycles. The SMILES string of the molecule is COc1ccc(/C=C(\Cl)CCCl)cc1. The molecule has 3 heteroatoms. The van der Waals surface area contributed by atoms with E-state index in [1.807, 2.05) is 30.3 Å². The maximum absolute atomic E-state index is 5.93. The molecule has 0 saturated carbocycles. The molecule has 0 unspecified atom stereocenters. The first kappa shape index (κ1) is 11.4. The van der Waals surface area contributed by atoms with E-state index in [0.717, 1.165) is 16.3 Å². The number of benzene rings is 1. The summed E-state index contributed by atoms with van der Waals surface area (Å²) >= 11 is 11.5. The Morgan fingerprint density at radius 1 is 1.36 bits per heavy atom. The maximum atomic E-state index is 5.93. The highest BCUT2D eigenvalue weighted by atomic mass is 35.5. The number of rotatable bonds is 4. The minimum absolute atomic E-state index is 0.547. The van der Waals surface area contributed by atoms with Gasteiger partial charge in [-0.3, -0.25) is 0 Å². The van der Waals surface area contributed by atoms with Gasteiger partial charge in [0, 0.05) is 10.9 Å². The van der Waals surface area contributed by atoms with Gasteiger partial charge in [0.05, 0.1) is 7.11 Å². The molecule has 0 amide bonds. The molecule has 0 aliphatic rings. The highest BCUT2D eigenvalue weighted by molar-refractivity contribution is 6.32. The fraction of sp³-hybridized carbons (Fsp3) is 0.273. The summed E-state index contributed by atoms with van der Waals surface area (Å²) in [6.07, 6.45) is 2.61. The molecular formula is C11H12Cl2O. The molecule has 0 saturated heterocycles. The van der Waals surface area contributed by atoms with E-state index in [0.29, 0.717) is 12.3 Å². The second-order valence-electron chi connectivity index (χ2n) is 2.80. The van der Waals surface area contributed by atoms with Crippen LogP contribution >= 0.6 is 23.2 Å². The van der Waals surface area contributed by atoms with Crippen molar-refractivity contribution in [3.8, 4) is 5.75 Å². The molecule has 1 nitrogen and oxygen atoms in total. The van der Waals surface area contributed by atoms with Crippen molar-refractivity contribution in [2.75, 3.05) is 13.0 Å². The third kappa shape index (κ3) is 3.60. The lowest BCUT2D eigenvalue weighted by Gasteiger charge is -2.00. The largest absolute Gasteiger partial charge is 0.497 e. The van der Waals surface area contributed by atoms with E-state index in [2.05, 4.69) is 0 Å². The summed E-state index contributed by atoms with van der Waals surface area (Å²) in [5.74, 6) is 1.39. The average Bonchev–Trinajstić information content (AvgIpc) is 2.19. The van der Waals surface area contributed by atoms with Crippen LogP contribution in [-0.2, 0) is 0 Å². The Morgan fingerprint density at radius 2 is 2.00 bits per heavy atom. The fourth-order valence-electron chi connectivity index (χ4n) is 1.04. The smallest absolute Gasteiger partial charge is 0.118 e. The lowest BCUT2D eigenvalue weighted by Crippen LogP contribution is -1.82. The minimum Gasteiger partial charge on any atom is -0.497 e. The van der Waals surface area contributed by atoms with Gasteiger partial charge in [-0.2, -0.15) is 0 Å². The summed E-state index contributed by atoms with van der Waals surface area (Å²) in [6.45, 7) is 0. The predicted octanol–water partition coefficient (Wildman–Crippen LogP) is 3.90. The topological polar surface area (TPSA) is 9.23 Å². The highest BCUT2D eigenvalue weighted by Gasteiger charge is 1.94. The van der Waals surface area contributed by atoms with E-state index in [1.165, 1.54) is 0 Å². The van der Waals surface area contributed by atoms with E-state index in [9.17, 15) is 0 Å². The summed E-state index contributed by atoms with van der Waals surface area (Å²) in [5, 5.41) is 0.769. The Labute approximate surface area is 94.3 Å². The van der Waals surface area contributed by atoms with Gasteiger partial charge in [0.1, 0.15) is 5.75 Å². The van der Waals surface area contributed by atoms with Gasteiger partial charge in [0.2, 0.25) is 0 Å². The first-order valence-corrected chi connectivity index (χ1v) is 5.23. The fourth-order valence-corrected chi connectivity index (χ4v) is 1.56. The van der Waals surface area contributed by atoms with E-state index >= 15 is 0 Å². The van der Waals surface area contributed by atoms with Gasteiger partial charge in [-0.1, -0.05) is 23.7 Å². The molecule has 76 valence electrons. The zero-order valence-corrected chi connectivity index (χ0v) is 9.48. The van der Waals surface area contributed by atoms with Crippen LogP contribution in [0.15, 0.2) is 29.3 Å². The van der Waals surface area contributed by atoms with Crippen LogP contribution in [0.1, 0.15) is 12.0 Å². The third-order valence-electron chi connectivity index (χ3n) is 1.77. The summed E-state index contributed by atoms with van der Waals surface area (Å²) in [7, 11) is 1.64. The normalized spacial score (nSPS) is 11.5. The molecule has 1 rings (SSSR count). The Morgan fingerprint density at radius 3 is 2.50 bits per heavy atom. The summed E-state index contributed by atoms with van der Waals surface area (Å²) in [5.41, 5.74) is 1.06. The standard InChI is InChI=1S/C11H12Cl2O/c1-14-11-4-2-9(3-5-11)8-10(13)6-7-12/h2-5,8H,6-7H2,1H3/b10-8-. The quantitative estimate of drug-likeness (QED) is 0.714. The number of ether oxygens (including phenoxy) is 1. The number of hydrogen-bond acceptors (Lipinski definition) is 1. The van der Waals surface area contributed by atoms with Gasteiger partial charge in [-0.05, 0) is 30.2 Å². The molecule has 1 aromatic rings. The molecule has 0 heterocycles. The number of methoxy groups -OCH3 is 1. The van der Waals surface area contributed by atoms with Gasteiger partial charge in [-0.15, -0.1) is 11.6 Å². The lowest BCUT2D eigenvalue weighted by atomic mass is 10.2. The van der Waals surface area contributed by atoms with Crippen LogP contribution in [0.25, 0.3) is 6.08 Å².